The van der Waals surface area contributed by atoms with Gasteiger partial charge in [-0.2, -0.15) is 0 Å². The molecule has 0 spiro atoms. The van der Waals surface area contributed by atoms with Crippen LogP contribution in [-0.2, 0) is 16.1 Å². The molecule has 1 rings (SSSR count). The maximum atomic E-state index is 11.7. The zero-order valence-electron chi connectivity index (χ0n) is 13.4. The molecule has 6 nitrogen and oxygen atoms in total. The lowest BCUT2D eigenvalue weighted by Crippen LogP contribution is -2.47. The SMILES string of the molecule is COc1ccc(CNC(=O)CNC(=O)[C@@H](N)C(C)C)cc1Br.Cl. The van der Waals surface area contributed by atoms with Crippen LogP contribution in [0.4, 0.5) is 0 Å². The molecule has 0 aliphatic rings. The number of amides is 2. The molecule has 0 heterocycles. The summed E-state index contributed by atoms with van der Waals surface area (Å²) in [4.78, 5) is 23.4. The second-order valence-corrected chi connectivity index (χ2v) is 6.09. The lowest BCUT2D eigenvalue weighted by molar-refractivity contribution is -0.127. The average Bonchev–Trinajstić information content (AvgIpc) is 2.49. The van der Waals surface area contributed by atoms with E-state index in [9.17, 15) is 9.59 Å². The lowest BCUT2D eigenvalue weighted by Gasteiger charge is -2.15. The molecule has 0 fully saturated rings. The first kappa shape index (κ1) is 21.7. The number of halogens is 2. The maximum absolute atomic E-state index is 11.7. The summed E-state index contributed by atoms with van der Waals surface area (Å²) in [6, 6.07) is 4.93. The molecule has 0 aliphatic carbocycles. The largest absolute Gasteiger partial charge is 0.496 e. The highest BCUT2D eigenvalue weighted by molar-refractivity contribution is 9.10. The second kappa shape index (κ2) is 10.5. The van der Waals surface area contributed by atoms with E-state index in [4.69, 9.17) is 10.5 Å². The van der Waals surface area contributed by atoms with E-state index < -0.39 is 6.04 Å². The molecule has 0 radical (unpaired) electrons. The Balaban J connectivity index is 0.00000484. The third-order valence-electron chi connectivity index (χ3n) is 3.15. The highest BCUT2D eigenvalue weighted by atomic mass is 79.9. The molecule has 8 heteroatoms. The van der Waals surface area contributed by atoms with E-state index in [0.717, 1.165) is 15.8 Å². The summed E-state index contributed by atoms with van der Waals surface area (Å²) in [5.41, 5.74) is 6.62. The number of carbonyl (C=O) groups excluding carboxylic acids is 2. The molecule has 0 bridgehead atoms. The van der Waals surface area contributed by atoms with E-state index in [0.29, 0.717) is 6.54 Å². The van der Waals surface area contributed by atoms with Crippen molar-refractivity contribution in [1.82, 2.24) is 10.6 Å². The number of rotatable bonds is 7. The van der Waals surface area contributed by atoms with Crippen LogP contribution in [0.15, 0.2) is 22.7 Å². The van der Waals surface area contributed by atoms with Crippen molar-refractivity contribution in [2.24, 2.45) is 11.7 Å². The van der Waals surface area contributed by atoms with Gasteiger partial charge in [0.1, 0.15) is 5.75 Å². The Labute approximate surface area is 151 Å². The number of ether oxygens (including phenoxy) is 1. The highest BCUT2D eigenvalue weighted by Crippen LogP contribution is 2.25. The molecule has 1 aromatic carbocycles. The maximum Gasteiger partial charge on any atom is 0.239 e. The van der Waals surface area contributed by atoms with Crippen molar-refractivity contribution in [3.05, 3.63) is 28.2 Å². The minimum Gasteiger partial charge on any atom is -0.496 e. The van der Waals surface area contributed by atoms with Gasteiger partial charge in [0, 0.05) is 6.54 Å². The summed E-state index contributed by atoms with van der Waals surface area (Å²) in [7, 11) is 1.59. The van der Waals surface area contributed by atoms with Crippen molar-refractivity contribution in [2.45, 2.75) is 26.4 Å². The predicted octanol–water partition coefficient (Wildman–Crippen LogP) is 1.60. The van der Waals surface area contributed by atoms with Crippen molar-refractivity contribution in [2.75, 3.05) is 13.7 Å². The van der Waals surface area contributed by atoms with Gasteiger partial charge in [0.2, 0.25) is 11.8 Å². The first-order chi connectivity index (χ1) is 10.3. The van der Waals surface area contributed by atoms with E-state index in [1.165, 1.54) is 0 Å². The number of hydrogen-bond acceptors (Lipinski definition) is 4. The Morgan fingerprint density at radius 1 is 1.30 bits per heavy atom. The molecule has 0 unspecified atom stereocenters. The van der Waals surface area contributed by atoms with Gasteiger partial charge in [0.05, 0.1) is 24.2 Å². The second-order valence-electron chi connectivity index (χ2n) is 5.23. The number of benzene rings is 1. The van der Waals surface area contributed by atoms with Crippen molar-refractivity contribution in [3.63, 3.8) is 0 Å². The summed E-state index contributed by atoms with van der Waals surface area (Å²) in [5, 5.41) is 5.26. The molecule has 130 valence electrons. The van der Waals surface area contributed by atoms with Crippen LogP contribution in [-0.4, -0.2) is 31.5 Å². The number of nitrogens with one attached hydrogen (secondary N) is 2. The van der Waals surface area contributed by atoms with Gasteiger partial charge in [-0.1, -0.05) is 19.9 Å². The van der Waals surface area contributed by atoms with Crippen LogP contribution in [0.2, 0.25) is 0 Å². The van der Waals surface area contributed by atoms with Gasteiger partial charge in [-0.25, -0.2) is 0 Å². The summed E-state index contributed by atoms with van der Waals surface area (Å²) < 4.78 is 5.96. The average molecular weight is 409 g/mol. The van der Waals surface area contributed by atoms with E-state index >= 15 is 0 Å². The molecule has 0 saturated carbocycles. The number of nitrogens with two attached hydrogens (primary N) is 1. The first-order valence-corrected chi connectivity index (χ1v) is 7.76. The minimum atomic E-state index is -0.606. The molecule has 23 heavy (non-hydrogen) atoms. The molecule has 2 amide bonds. The normalized spacial score (nSPS) is 11.4. The Morgan fingerprint density at radius 3 is 2.48 bits per heavy atom. The predicted molar refractivity (Wildman–Crippen MR) is 95.6 cm³/mol. The summed E-state index contributed by atoms with van der Waals surface area (Å²) in [6.45, 7) is 3.99. The van der Waals surface area contributed by atoms with E-state index in [1.54, 1.807) is 7.11 Å². The molecule has 0 aromatic heterocycles. The summed E-state index contributed by atoms with van der Waals surface area (Å²) >= 11 is 3.38. The molecule has 1 aromatic rings. The fourth-order valence-electron chi connectivity index (χ4n) is 1.67. The smallest absolute Gasteiger partial charge is 0.239 e. The van der Waals surface area contributed by atoms with Gasteiger partial charge < -0.3 is 21.1 Å². The monoisotopic (exact) mass is 407 g/mol. The zero-order chi connectivity index (χ0) is 16.7. The lowest BCUT2D eigenvalue weighted by atomic mass is 10.1. The van der Waals surface area contributed by atoms with Crippen molar-refractivity contribution in [1.29, 1.82) is 0 Å². The Kier molecular flexibility index (Phi) is 9.87. The van der Waals surface area contributed by atoms with Gasteiger partial charge in [0.25, 0.3) is 0 Å². The minimum absolute atomic E-state index is 0. The Bertz CT molecular complexity index is 541. The van der Waals surface area contributed by atoms with E-state index in [-0.39, 0.29) is 36.7 Å². The van der Waals surface area contributed by atoms with Crippen LogP contribution in [0, 0.1) is 5.92 Å². The van der Waals surface area contributed by atoms with Gasteiger partial charge in [-0.15, -0.1) is 12.4 Å². The molecular weight excluding hydrogens is 386 g/mol. The molecular formula is C15H23BrClN3O3. The van der Waals surface area contributed by atoms with Crippen LogP contribution in [0.3, 0.4) is 0 Å². The quantitative estimate of drug-likeness (QED) is 0.639. The summed E-state index contributed by atoms with van der Waals surface area (Å²) in [5.74, 6) is 0.165. The van der Waals surface area contributed by atoms with Gasteiger partial charge in [-0.3, -0.25) is 9.59 Å². The highest BCUT2D eigenvalue weighted by Gasteiger charge is 2.17. The van der Waals surface area contributed by atoms with Crippen LogP contribution in [0.5, 0.6) is 5.75 Å². The van der Waals surface area contributed by atoms with Crippen LogP contribution in [0.1, 0.15) is 19.4 Å². The van der Waals surface area contributed by atoms with Crippen molar-refractivity contribution >= 4 is 40.2 Å². The third-order valence-corrected chi connectivity index (χ3v) is 3.77. The first-order valence-electron chi connectivity index (χ1n) is 6.97. The van der Waals surface area contributed by atoms with E-state index in [1.807, 2.05) is 32.0 Å². The fourth-order valence-corrected chi connectivity index (χ4v) is 2.26. The van der Waals surface area contributed by atoms with Crippen LogP contribution in [0.25, 0.3) is 0 Å². The topological polar surface area (TPSA) is 93.5 Å². The Morgan fingerprint density at radius 2 is 1.96 bits per heavy atom. The molecule has 1 atom stereocenters. The number of methoxy groups -OCH3 is 1. The number of carbonyl (C=O) groups is 2. The summed E-state index contributed by atoms with van der Waals surface area (Å²) in [6.07, 6.45) is 0. The number of hydrogen-bond donors (Lipinski definition) is 3. The Hall–Kier alpha value is -1.31. The van der Waals surface area contributed by atoms with Gasteiger partial charge >= 0.3 is 0 Å². The van der Waals surface area contributed by atoms with Gasteiger partial charge in [-0.05, 0) is 39.5 Å². The standard InChI is InChI=1S/C15H22BrN3O3.ClH/c1-9(2)14(17)15(21)19-8-13(20)18-7-10-4-5-12(22-3)11(16)6-10;/h4-6,9,14H,7-8,17H2,1-3H3,(H,18,20)(H,19,21);1H/t14-;/m0./s1. The van der Waals surface area contributed by atoms with E-state index in [2.05, 4.69) is 26.6 Å². The van der Waals surface area contributed by atoms with Crippen molar-refractivity contribution < 1.29 is 14.3 Å². The van der Waals surface area contributed by atoms with Crippen LogP contribution >= 0.6 is 28.3 Å². The fraction of sp³-hybridized carbons (Fsp3) is 0.467. The van der Waals surface area contributed by atoms with Crippen LogP contribution < -0.4 is 21.1 Å². The molecule has 0 aliphatic heterocycles. The molecule has 0 saturated heterocycles. The van der Waals surface area contributed by atoms with Crippen molar-refractivity contribution in [3.8, 4) is 5.75 Å². The zero-order valence-corrected chi connectivity index (χ0v) is 15.8. The van der Waals surface area contributed by atoms with Gasteiger partial charge in [0.15, 0.2) is 0 Å². The molecule has 4 N–H and O–H groups in total. The third kappa shape index (κ3) is 7.20.